The van der Waals surface area contributed by atoms with Crippen LogP contribution in [0.4, 0.5) is 0 Å². The molecule has 0 aliphatic rings. The zero-order valence-electron chi connectivity index (χ0n) is 10.2. The number of fused-ring (bicyclic) bond motifs is 1. The van der Waals surface area contributed by atoms with E-state index >= 15 is 0 Å². The van der Waals surface area contributed by atoms with Crippen LogP contribution >= 0.6 is 23.2 Å². The van der Waals surface area contributed by atoms with Gasteiger partial charge in [-0.2, -0.15) is 0 Å². The minimum Gasteiger partial charge on any atom is -0.235 e. The topological polar surface area (TPSA) is 12.9 Å². The van der Waals surface area contributed by atoms with Crippen LogP contribution in [-0.4, -0.2) is 4.98 Å². The normalized spacial score (nSPS) is 12.1. The molecular formula is C14H15Cl2N. The molecule has 0 fully saturated rings. The number of halogens is 2. The van der Waals surface area contributed by atoms with E-state index in [1.165, 1.54) is 5.56 Å². The Kier molecular flexibility index (Phi) is 3.33. The summed E-state index contributed by atoms with van der Waals surface area (Å²) in [5.41, 5.74) is 2.45. The summed E-state index contributed by atoms with van der Waals surface area (Å²) in [7, 11) is 0. The molecule has 2 aromatic rings. The predicted octanol–water partition coefficient (Wildman–Crippen LogP) is 5.13. The van der Waals surface area contributed by atoms with Crippen LogP contribution in [0.15, 0.2) is 24.3 Å². The highest BCUT2D eigenvalue weighted by Crippen LogP contribution is 2.27. The van der Waals surface area contributed by atoms with Gasteiger partial charge in [0.25, 0.3) is 0 Å². The molecule has 1 aromatic carbocycles. The molecule has 0 spiro atoms. The first-order valence-electron chi connectivity index (χ1n) is 5.60. The van der Waals surface area contributed by atoms with Crippen LogP contribution in [0.2, 0.25) is 10.2 Å². The quantitative estimate of drug-likeness (QED) is 0.653. The Morgan fingerprint density at radius 2 is 1.82 bits per heavy atom. The minimum atomic E-state index is 0.268. The third kappa shape index (κ3) is 3.11. The van der Waals surface area contributed by atoms with Crippen molar-refractivity contribution in [2.24, 2.45) is 5.41 Å². The maximum atomic E-state index is 5.94. The Bertz CT molecular complexity index is 556. The van der Waals surface area contributed by atoms with Crippen LogP contribution in [0.25, 0.3) is 10.9 Å². The molecule has 0 N–H and O–H groups in total. The second-order valence-corrected chi connectivity index (χ2v) is 6.29. The van der Waals surface area contributed by atoms with Crippen molar-refractivity contribution < 1.29 is 0 Å². The third-order valence-corrected chi connectivity index (χ3v) is 3.20. The van der Waals surface area contributed by atoms with Crippen molar-refractivity contribution in [3.8, 4) is 0 Å². The van der Waals surface area contributed by atoms with Crippen molar-refractivity contribution in [1.82, 2.24) is 4.98 Å². The lowest BCUT2D eigenvalue weighted by molar-refractivity contribution is 0.411. The minimum absolute atomic E-state index is 0.268. The SMILES string of the molecule is CC(C)(C)Cc1ccc2cc(Cl)c(Cl)nc2c1. The molecule has 0 amide bonds. The van der Waals surface area contributed by atoms with E-state index < -0.39 is 0 Å². The molecule has 1 nitrogen and oxygen atoms in total. The molecule has 90 valence electrons. The molecule has 3 heteroatoms. The van der Waals surface area contributed by atoms with Gasteiger partial charge in [-0.15, -0.1) is 0 Å². The van der Waals surface area contributed by atoms with Gasteiger partial charge < -0.3 is 0 Å². The second-order valence-electron chi connectivity index (χ2n) is 5.53. The van der Waals surface area contributed by atoms with Gasteiger partial charge in [0.2, 0.25) is 0 Å². The van der Waals surface area contributed by atoms with Gasteiger partial charge in [-0.05, 0) is 29.5 Å². The molecule has 2 rings (SSSR count). The van der Waals surface area contributed by atoms with Gasteiger partial charge in [0.05, 0.1) is 10.5 Å². The number of nitrogens with zero attached hydrogens (tertiary/aromatic N) is 1. The first-order valence-corrected chi connectivity index (χ1v) is 6.35. The molecule has 0 radical (unpaired) electrons. The summed E-state index contributed by atoms with van der Waals surface area (Å²) in [5.74, 6) is 0. The molecular weight excluding hydrogens is 253 g/mol. The summed E-state index contributed by atoms with van der Waals surface area (Å²) in [6.07, 6.45) is 1.02. The molecule has 0 bridgehead atoms. The van der Waals surface area contributed by atoms with Gasteiger partial charge in [0.15, 0.2) is 0 Å². The van der Waals surface area contributed by atoms with Crippen molar-refractivity contribution >= 4 is 34.1 Å². The standard InChI is InChI=1S/C14H15Cl2N/c1-14(2,3)8-9-4-5-10-7-11(15)13(16)17-12(10)6-9/h4-7H,8H2,1-3H3. The highest BCUT2D eigenvalue weighted by atomic mass is 35.5. The van der Waals surface area contributed by atoms with E-state index in [2.05, 4.69) is 37.9 Å². The predicted molar refractivity (Wildman–Crippen MR) is 74.9 cm³/mol. The Morgan fingerprint density at radius 1 is 1.12 bits per heavy atom. The Balaban J connectivity index is 2.47. The van der Waals surface area contributed by atoms with Crippen molar-refractivity contribution in [2.75, 3.05) is 0 Å². The van der Waals surface area contributed by atoms with Gasteiger partial charge in [0, 0.05) is 5.39 Å². The fourth-order valence-corrected chi connectivity index (χ4v) is 2.19. The van der Waals surface area contributed by atoms with Gasteiger partial charge in [-0.1, -0.05) is 56.1 Å². The van der Waals surface area contributed by atoms with Crippen LogP contribution in [0.3, 0.4) is 0 Å². The molecule has 0 aliphatic heterocycles. The summed E-state index contributed by atoms with van der Waals surface area (Å²) in [6.45, 7) is 6.67. The summed E-state index contributed by atoms with van der Waals surface area (Å²) in [5, 5.41) is 1.90. The number of rotatable bonds is 1. The maximum absolute atomic E-state index is 5.94. The number of pyridine rings is 1. The van der Waals surface area contributed by atoms with Crippen molar-refractivity contribution in [3.63, 3.8) is 0 Å². The molecule has 0 atom stereocenters. The van der Waals surface area contributed by atoms with Crippen molar-refractivity contribution in [1.29, 1.82) is 0 Å². The third-order valence-electron chi connectivity index (χ3n) is 2.53. The van der Waals surface area contributed by atoms with Gasteiger partial charge in [-0.25, -0.2) is 4.98 Å². The molecule has 0 saturated carbocycles. The summed E-state index contributed by atoms with van der Waals surface area (Å²) in [4.78, 5) is 4.30. The number of hydrogen-bond acceptors (Lipinski definition) is 1. The van der Waals surface area contributed by atoms with E-state index in [1.807, 2.05) is 12.1 Å². The maximum Gasteiger partial charge on any atom is 0.148 e. The molecule has 17 heavy (non-hydrogen) atoms. The average Bonchev–Trinajstić information content (AvgIpc) is 2.18. The lowest BCUT2D eigenvalue weighted by Gasteiger charge is -2.18. The summed E-state index contributed by atoms with van der Waals surface area (Å²) in [6, 6.07) is 8.11. The Labute approximate surface area is 112 Å². The van der Waals surface area contributed by atoms with E-state index in [1.54, 1.807) is 0 Å². The number of aromatic nitrogens is 1. The smallest absolute Gasteiger partial charge is 0.148 e. The second kappa shape index (κ2) is 4.47. The van der Waals surface area contributed by atoms with Crippen molar-refractivity contribution in [2.45, 2.75) is 27.2 Å². The molecule has 1 aromatic heterocycles. The largest absolute Gasteiger partial charge is 0.235 e. The fraction of sp³-hybridized carbons (Fsp3) is 0.357. The van der Waals surface area contributed by atoms with Gasteiger partial charge in [-0.3, -0.25) is 0 Å². The molecule has 0 unspecified atom stereocenters. The Morgan fingerprint density at radius 3 is 2.47 bits per heavy atom. The van der Waals surface area contributed by atoms with Gasteiger partial charge >= 0.3 is 0 Å². The van der Waals surface area contributed by atoms with E-state index in [0.717, 1.165) is 17.3 Å². The van der Waals surface area contributed by atoms with E-state index in [-0.39, 0.29) is 5.41 Å². The fourth-order valence-electron chi connectivity index (χ4n) is 1.89. The average molecular weight is 268 g/mol. The summed E-state index contributed by atoms with van der Waals surface area (Å²) >= 11 is 11.9. The molecule has 0 saturated heterocycles. The zero-order valence-corrected chi connectivity index (χ0v) is 11.7. The van der Waals surface area contributed by atoms with Crippen LogP contribution in [-0.2, 0) is 6.42 Å². The highest BCUT2D eigenvalue weighted by Gasteiger charge is 2.12. The van der Waals surface area contributed by atoms with E-state index in [4.69, 9.17) is 23.2 Å². The first kappa shape index (κ1) is 12.7. The van der Waals surface area contributed by atoms with E-state index in [0.29, 0.717) is 10.2 Å². The van der Waals surface area contributed by atoms with Crippen LogP contribution in [0, 0.1) is 5.41 Å². The van der Waals surface area contributed by atoms with Crippen LogP contribution in [0.1, 0.15) is 26.3 Å². The van der Waals surface area contributed by atoms with E-state index in [9.17, 15) is 0 Å². The Hall–Kier alpha value is -0.790. The van der Waals surface area contributed by atoms with Crippen LogP contribution < -0.4 is 0 Å². The lowest BCUT2D eigenvalue weighted by atomic mass is 9.88. The van der Waals surface area contributed by atoms with Crippen LogP contribution in [0.5, 0.6) is 0 Å². The van der Waals surface area contributed by atoms with Gasteiger partial charge in [0.1, 0.15) is 5.15 Å². The molecule has 0 aliphatic carbocycles. The monoisotopic (exact) mass is 267 g/mol. The first-order chi connectivity index (χ1) is 7.85. The zero-order chi connectivity index (χ0) is 12.6. The summed E-state index contributed by atoms with van der Waals surface area (Å²) < 4.78 is 0. The lowest BCUT2D eigenvalue weighted by Crippen LogP contribution is -2.08. The number of benzene rings is 1. The molecule has 1 heterocycles. The highest BCUT2D eigenvalue weighted by molar-refractivity contribution is 6.41. The van der Waals surface area contributed by atoms with Crippen molar-refractivity contribution in [3.05, 3.63) is 40.0 Å². The number of hydrogen-bond donors (Lipinski definition) is 0.